The Kier molecular flexibility index (Phi) is 1.73. The van der Waals surface area contributed by atoms with Crippen molar-refractivity contribution in [1.82, 2.24) is 0 Å². The molecule has 0 aromatic heterocycles. The molecule has 0 spiro atoms. The summed E-state index contributed by atoms with van der Waals surface area (Å²) in [5, 5.41) is 8.24. The van der Waals surface area contributed by atoms with Crippen LogP contribution in [0, 0.1) is 11.3 Å². The van der Waals surface area contributed by atoms with Gasteiger partial charge in [-0.25, -0.2) is 0 Å². The number of rotatable bonds is 2. The van der Waals surface area contributed by atoms with Gasteiger partial charge < -0.3 is 5.73 Å². The smallest absolute Gasteiger partial charge is 0.0622 e. The van der Waals surface area contributed by atoms with Gasteiger partial charge in [-0.3, -0.25) is 0 Å². The Morgan fingerprint density at radius 1 is 1.56 bits per heavy atom. The summed E-state index contributed by atoms with van der Waals surface area (Å²) in [5.41, 5.74) is 5.89. The molecule has 50 valence electrons. The Hall–Kier alpha value is -0.550. The van der Waals surface area contributed by atoms with E-state index < -0.39 is 0 Å². The van der Waals surface area contributed by atoms with E-state index in [1.165, 1.54) is 6.42 Å². The first-order valence-electron chi connectivity index (χ1n) is 3.43. The Bertz CT molecular complexity index is 130. The summed E-state index contributed by atoms with van der Waals surface area (Å²) in [6.45, 7) is 0. The van der Waals surface area contributed by atoms with Gasteiger partial charge in [-0.15, -0.1) is 0 Å². The van der Waals surface area contributed by atoms with Gasteiger partial charge in [-0.1, -0.05) is 0 Å². The first-order chi connectivity index (χ1) is 4.27. The van der Waals surface area contributed by atoms with Crippen LogP contribution in [-0.4, -0.2) is 5.54 Å². The normalized spacial score (nSPS) is 22.2. The van der Waals surface area contributed by atoms with E-state index in [2.05, 4.69) is 6.07 Å². The minimum Gasteiger partial charge on any atom is -0.325 e. The summed E-state index contributed by atoms with van der Waals surface area (Å²) >= 11 is 0. The van der Waals surface area contributed by atoms with Gasteiger partial charge in [0, 0.05) is 12.0 Å². The number of nitrogens with zero attached hydrogens (tertiary/aromatic N) is 1. The molecule has 0 bridgehead atoms. The molecular weight excluding hydrogens is 112 g/mol. The topological polar surface area (TPSA) is 49.8 Å². The molecule has 1 aliphatic carbocycles. The van der Waals surface area contributed by atoms with E-state index in [0.717, 1.165) is 19.3 Å². The minimum atomic E-state index is 0.0513. The van der Waals surface area contributed by atoms with E-state index in [4.69, 9.17) is 11.0 Å². The van der Waals surface area contributed by atoms with Crippen LogP contribution in [0.1, 0.15) is 32.1 Å². The lowest BCUT2D eigenvalue weighted by Gasteiger charge is -2.37. The number of hydrogen-bond acceptors (Lipinski definition) is 2. The third-order valence-electron chi connectivity index (χ3n) is 2.08. The van der Waals surface area contributed by atoms with Crippen molar-refractivity contribution in [2.45, 2.75) is 37.6 Å². The van der Waals surface area contributed by atoms with E-state index in [-0.39, 0.29) is 5.54 Å². The molecule has 0 saturated heterocycles. The third kappa shape index (κ3) is 1.43. The van der Waals surface area contributed by atoms with Crippen molar-refractivity contribution in [2.24, 2.45) is 5.73 Å². The SMILES string of the molecule is N#CCCC1(N)CCC1. The fourth-order valence-electron chi connectivity index (χ4n) is 1.19. The summed E-state index contributed by atoms with van der Waals surface area (Å²) in [7, 11) is 0. The minimum absolute atomic E-state index is 0.0513. The van der Waals surface area contributed by atoms with Crippen molar-refractivity contribution in [1.29, 1.82) is 5.26 Å². The number of nitrogens with two attached hydrogens (primary N) is 1. The molecule has 0 amide bonds. The van der Waals surface area contributed by atoms with Crippen LogP contribution in [0.5, 0.6) is 0 Å². The first-order valence-corrected chi connectivity index (χ1v) is 3.43. The summed E-state index contributed by atoms with van der Waals surface area (Å²) in [5.74, 6) is 0. The van der Waals surface area contributed by atoms with Crippen LogP contribution in [0.25, 0.3) is 0 Å². The van der Waals surface area contributed by atoms with E-state index in [1.54, 1.807) is 0 Å². The van der Waals surface area contributed by atoms with Crippen LogP contribution < -0.4 is 5.73 Å². The number of hydrogen-bond donors (Lipinski definition) is 1. The molecule has 0 aliphatic heterocycles. The molecular formula is C7H12N2. The van der Waals surface area contributed by atoms with E-state index in [0.29, 0.717) is 6.42 Å². The van der Waals surface area contributed by atoms with Crippen molar-refractivity contribution in [3.05, 3.63) is 0 Å². The fraction of sp³-hybridized carbons (Fsp3) is 0.857. The molecule has 0 radical (unpaired) electrons. The molecule has 0 aromatic rings. The van der Waals surface area contributed by atoms with Crippen molar-refractivity contribution in [3.8, 4) is 6.07 Å². The first kappa shape index (κ1) is 6.57. The zero-order valence-corrected chi connectivity index (χ0v) is 5.56. The highest BCUT2D eigenvalue weighted by Gasteiger charge is 2.31. The van der Waals surface area contributed by atoms with Gasteiger partial charge in [0.15, 0.2) is 0 Å². The highest BCUT2D eigenvalue weighted by Crippen LogP contribution is 2.32. The predicted molar refractivity (Wildman–Crippen MR) is 35.6 cm³/mol. The summed E-state index contributed by atoms with van der Waals surface area (Å²) < 4.78 is 0. The monoisotopic (exact) mass is 124 g/mol. The highest BCUT2D eigenvalue weighted by molar-refractivity contribution is 4.94. The van der Waals surface area contributed by atoms with E-state index in [9.17, 15) is 0 Å². The Morgan fingerprint density at radius 3 is 2.56 bits per heavy atom. The predicted octanol–water partition coefficient (Wildman–Crippen LogP) is 1.17. The van der Waals surface area contributed by atoms with Gasteiger partial charge in [-0.2, -0.15) is 5.26 Å². The molecule has 0 unspecified atom stereocenters. The molecule has 1 saturated carbocycles. The molecule has 2 nitrogen and oxygen atoms in total. The largest absolute Gasteiger partial charge is 0.325 e. The third-order valence-corrected chi connectivity index (χ3v) is 2.08. The molecule has 2 N–H and O–H groups in total. The highest BCUT2D eigenvalue weighted by atomic mass is 14.8. The number of nitriles is 1. The summed E-state index contributed by atoms with van der Waals surface area (Å²) in [6, 6.07) is 2.11. The zero-order valence-electron chi connectivity index (χ0n) is 5.56. The lowest BCUT2D eigenvalue weighted by molar-refractivity contribution is 0.234. The molecule has 1 rings (SSSR count). The van der Waals surface area contributed by atoms with Crippen LogP contribution in [-0.2, 0) is 0 Å². The average molecular weight is 124 g/mol. The lowest BCUT2D eigenvalue weighted by Crippen LogP contribution is -2.46. The van der Waals surface area contributed by atoms with Crippen LogP contribution >= 0.6 is 0 Å². The summed E-state index contributed by atoms with van der Waals surface area (Å²) in [6.07, 6.45) is 5.01. The maximum Gasteiger partial charge on any atom is 0.0622 e. The van der Waals surface area contributed by atoms with Crippen LogP contribution in [0.3, 0.4) is 0 Å². The summed E-state index contributed by atoms with van der Waals surface area (Å²) in [4.78, 5) is 0. The molecule has 2 heteroatoms. The van der Waals surface area contributed by atoms with Gasteiger partial charge in [0.25, 0.3) is 0 Å². The maximum absolute atomic E-state index is 8.24. The van der Waals surface area contributed by atoms with Crippen LogP contribution in [0.15, 0.2) is 0 Å². The Labute approximate surface area is 55.7 Å². The van der Waals surface area contributed by atoms with Crippen molar-refractivity contribution < 1.29 is 0 Å². The maximum atomic E-state index is 8.24. The van der Waals surface area contributed by atoms with Crippen molar-refractivity contribution in [2.75, 3.05) is 0 Å². The van der Waals surface area contributed by atoms with E-state index >= 15 is 0 Å². The quantitative estimate of drug-likeness (QED) is 0.600. The molecule has 0 heterocycles. The second kappa shape index (κ2) is 2.36. The zero-order chi connectivity index (χ0) is 6.74. The molecule has 9 heavy (non-hydrogen) atoms. The van der Waals surface area contributed by atoms with Crippen molar-refractivity contribution >= 4 is 0 Å². The van der Waals surface area contributed by atoms with Crippen LogP contribution in [0.2, 0.25) is 0 Å². The lowest BCUT2D eigenvalue weighted by atomic mass is 9.75. The van der Waals surface area contributed by atoms with Crippen molar-refractivity contribution in [3.63, 3.8) is 0 Å². The van der Waals surface area contributed by atoms with Gasteiger partial charge in [0.1, 0.15) is 0 Å². The molecule has 1 aliphatic rings. The van der Waals surface area contributed by atoms with Crippen LogP contribution in [0.4, 0.5) is 0 Å². The second-order valence-corrected chi connectivity index (χ2v) is 2.87. The van der Waals surface area contributed by atoms with E-state index in [1.807, 2.05) is 0 Å². The molecule has 0 atom stereocenters. The average Bonchev–Trinajstić information content (AvgIpc) is 1.79. The Morgan fingerprint density at radius 2 is 2.22 bits per heavy atom. The van der Waals surface area contributed by atoms with Gasteiger partial charge in [-0.05, 0) is 25.7 Å². The second-order valence-electron chi connectivity index (χ2n) is 2.87. The van der Waals surface area contributed by atoms with Gasteiger partial charge >= 0.3 is 0 Å². The Balaban J connectivity index is 2.19. The molecule has 0 aromatic carbocycles. The molecule has 1 fully saturated rings. The standard InChI is InChI=1S/C7H12N2/c8-6-2-5-7(9)3-1-4-7/h1-5,9H2. The van der Waals surface area contributed by atoms with Gasteiger partial charge in [0.2, 0.25) is 0 Å². The fourth-order valence-corrected chi connectivity index (χ4v) is 1.19. The van der Waals surface area contributed by atoms with Gasteiger partial charge in [0.05, 0.1) is 6.07 Å².